The van der Waals surface area contributed by atoms with Crippen molar-refractivity contribution in [2.45, 2.75) is 13.3 Å². The molecule has 0 heterocycles. The van der Waals surface area contributed by atoms with Crippen molar-refractivity contribution in [2.75, 3.05) is 20.1 Å². The van der Waals surface area contributed by atoms with Gasteiger partial charge < -0.3 is 10.6 Å². The van der Waals surface area contributed by atoms with Crippen molar-refractivity contribution in [2.24, 2.45) is 11.7 Å². The van der Waals surface area contributed by atoms with Crippen LogP contribution in [0.1, 0.15) is 13.3 Å². The molecule has 4 heteroatoms. The van der Waals surface area contributed by atoms with E-state index in [0.29, 0.717) is 19.5 Å². The Hall–Kier alpha value is -1.08. The van der Waals surface area contributed by atoms with Crippen LogP contribution in [-0.4, -0.2) is 30.9 Å². The molecule has 0 aliphatic rings. The van der Waals surface area contributed by atoms with E-state index in [9.17, 15) is 4.79 Å². The molecule has 0 aliphatic carbocycles. The van der Waals surface area contributed by atoms with Gasteiger partial charge in [-0.3, -0.25) is 4.79 Å². The second-order valence-electron chi connectivity index (χ2n) is 2.97. The first-order chi connectivity index (χ1) is 5.57. The molecule has 4 nitrogen and oxygen atoms in total. The number of primary amides is 1. The molecule has 0 rings (SSSR count). The van der Waals surface area contributed by atoms with Gasteiger partial charge in [-0.2, -0.15) is 5.26 Å². The van der Waals surface area contributed by atoms with Gasteiger partial charge in [0.05, 0.1) is 6.07 Å². The quantitative estimate of drug-likeness (QED) is 0.627. The molecule has 0 fully saturated rings. The number of hydrogen-bond donors (Lipinski definition) is 1. The van der Waals surface area contributed by atoms with Gasteiger partial charge in [-0.25, -0.2) is 0 Å². The van der Waals surface area contributed by atoms with E-state index in [0.717, 1.165) is 0 Å². The topological polar surface area (TPSA) is 70.1 Å². The maximum atomic E-state index is 10.6. The zero-order valence-corrected chi connectivity index (χ0v) is 7.58. The van der Waals surface area contributed by atoms with Gasteiger partial charge in [0.2, 0.25) is 5.91 Å². The summed E-state index contributed by atoms with van der Waals surface area (Å²) in [6, 6.07) is 2.04. The highest BCUT2D eigenvalue weighted by Gasteiger charge is 2.10. The Labute approximate surface area is 72.9 Å². The van der Waals surface area contributed by atoms with E-state index in [1.807, 2.05) is 18.0 Å². The number of nitrogens with zero attached hydrogens (tertiary/aromatic N) is 2. The fourth-order valence-corrected chi connectivity index (χ4v) is 0.890. The van der Waals surface area contributed by atoms with Crippen LogP contribution < -0.4 is 5.73 Å². The minimum Gasteiger partial charge on any atom is -0.369 e. The predicted molar refractivity (Wildman–Crippen MR) is 46.1 cm³/mol. The van der Waals surface area contributed by atoms with Gasteiger partial charge in [0.25, 0.3) is 0 Å². The van der Waals surface area contributed by atoms with Crippen LogP contribution in [0.25, 0.3) is 0 Å². The normalized spacial score (nSPS) is 12.5. The maximum absolute atomic E-state index is 10.6. The van der Waals surface area contributed by atoms with Crippen LogP contribution in [0.2, 0.25) is 0 Å². The third-order valence-electron chi connectivity index (χ3n) is 1.68. The smallest absolute Gasteiger partial charge is 0.221 e. The van der Waals surface area contributed by atoms with Crippen molar-refractivity contribution in [3.05, 3.63) is 0 Å². The summed E-state index contributed by atoms with van der Waals surface area (Å²) in [7, 11) is 1.87. The lowest BCUT2D eigenvalue weighted by atomic mass is 10.1. The van der Waals surface area contributed by atoms with E-state index in [-0.39, 0.29) is 11.8 Å². The van der Waals surface area contributed by atoms with Gasteiger partial charge >= 0.3 is 0 Å². The van der Waals surface area contributed by atoms with Crippen LogP contribution in [0.15, 0.2) is 0 Å². The van der Waals surface area contributed by atoms with Crippen molar-refractivity contribution in [3.8, 4) is 6.07 Å². The van der Waals surface area contributed by atoms with Crippen molar-refractivity contribution in [1.29, 1.82) is 5.26 Å². The lowest BCUT2D eigenvalue weighted by Crippen LogP contribution is -2.32. The number of amides is 1. The van der Waals surface area contributed by atoms with Gasteiger partial charge in [-0.15, -0.1) is 0 Å². The zero-order valence-electron chi connectivity index (χ0n) is 7.58. The molecule has 0 spiro atoms. The first-order valence-corrected chi connectivity index (χ1v) is 3.92. The van der Waals surface area contributed by atoms with Crippen molar-refractivity contribution in [1.82, 2.24) is 4.90 Å². The van der Waals surface area contributed by atoms with E-state index >= 15 is 0 Å². The maximum Gasteiger partial charge on any atom is 0.221 e. The van der Waals surface area contributed by atoms with E-state index in [2.05, 4.69) is 0 Å². The van der Waals surface area contributed by atoms with Gasteiger partial charge in [0, 0.05) is 25.4 Å². The van der Waals surface area contributed by atoms with E-state index in [1.54, 1.807) is 6.92 Å². The standard InChI is InChI=1S/C8H15N3O/c1-7(8(10)12)6-11(2)5-3-4-9/h7H,3,5-6H2,1-2H3,(H2,10,12). The molecule has 0 aliphatic heterocycles. The average molecular weight is 169 g/mol. The Bertz CT molecular complexity index is 185. The van der Waals surface area contributed by atoms with Gasteiger partial charge in [-0.1, -0.05) is 6.92 Å². The third-order valence-corrected chi connectivity index (χ3v) is 1.68. The molecular formula is C8H15N3O. The summed E-state index contributed by atoms with van der Waals surface area (Å²) in [5, 5.41) is 8.29. The molecule has 1 unspecified atom stereocenters. The summed E-state index contributed by atoms with van der Waals surface area (Å²) < 4.78 is 0. The SMILES string of the molecule is CC(CN(C)CCC#N)C(N)=O. The molecule has 12 heavy (non-hydrogen) atoms. The van der Waals surface area contributed by atoms with Crippen LogP contribution >= 0.6 is 0 Å². The summed E-state index contributed by atoms with van der Waals surface area (Å²) in [6.45, 7) is 3.09. The molecule has 0 aromatic carbocycles. The Balaban J connectivity index is 3.62. The molecule has 1 atom stereocenters. The largest absolute Gasteiger partial charge is 0.369 e. The summed E-state index contributed by atoms with van der Waals surface area (Å²) in [6.07, 6.45) is 0.488. The Kier molecular flexibility index (Phi) is 5.06. The molecule has 0 saturated carbocycles. The van der Waals surface area contributed by atoms with Crippen LogP contribution in [0, 0.1) is 17.2 Å². The monoisotopic (exact) mass is 169 g/mol. The molecular weight excluding hydrogens is 154 g/mol. The third kappa shape index (κ3) is 4.69. The molecule has 0 saturated heterocycles. The number of carbonyl (C=O) groups is 1. The number of nitrogens with two attached hydrogens (primary N) is 1. The molecule has 0 radical (unpaired) electrons. The number of hydrogen-bond acceptors (Lipinski definition) is 3. The fraction of sp³-hybridized carbons (Fsp3) is 0.750. The molecule has 0 aromatic rings. The van der Waals surface area contributed by atoms with Crippen molar-refractivity contribution >= 4 is 5.91 Å². The van der Waals surface area contributed by atoms with Crippen molar-refractivity contribution < 1.29 is 4.79 Å². The van der Waals surface area contributed by atoms with Crippen LogP contribution in [0.3, 0.4) is 0 Å². The van der Waals surface area contributed by atoms with E-state index < -0.39 is 0 Å². The van der Waals surface area contributed by atoms with Crippen LogP contribution in [-0.2, 0) is 4.79 Å². The summed E-state index contributed by atoms with van der Waals surface area (Å²) in [5.74, 6) is -0.437. The molecule has 0 aromatic heterocycles. The highest BCUT2D eigenvalue weighted by Crippen LogP contribution is 1.96. The number of nitriles is 1. The van der Waals surface area contributed by atoms with Gasteiger partial charge in [0.15, 0.2) is 0 Å². The van der Waals surface area contributed by atoms with E-state index in [4.69, 9.17) is 11.0 Å². The van der Waals surface area contributed by atoms with Crippen molar-refractivity contribution in [3.63, 3.8) is 0 Å². The predicted octanol–water partition coefficient (Wildman–Crippen LogP) is -0.0467. The summed E-state index contributed by atoms with van der Waals surface area (Å²) >= 11 is 0. The van der Waals surface area contributed by atoms with Crippen LogP contribution in [0.5, 0.6) is 0 Å². The van der Waals surface area contributed by atoms with Crippen LogP contribution in [0.4, 0.5) is 0 Å². The number of carbonyl (C=O) groups excluding carboxylic acids is 1. The Morgan fingerprint density at radius 1 is 1.75 bits per heavy atom. The first-order valence-electron chi connectivity index (χ1n) is 3.92. The lowest BCUT2D eigenvalue weighted by Gasteiger charge is -2.17. The first kappa shape index (κ1) is 10.9. The highest BCUT2D eigenvalue weighted by atomic mass is 16.1. The Morgan fingerprint density at radius 2 is 2.33 bits per heavy atom. The minimum absolute atomic E-state index is 0.145. The Morgan fingerprint density at radius 3 is 2.75 bits per heavy atom. The highest BCUT2D eigenvalue weighted by molar-refractivity contribution is 5.76. The molecule has 68 valence electrons. The zero-order chi connectivity index (χ0) is 9.56. The lowest BCUT2D eigenvalue weighted by molar-refractivity contribution is -0.121. The molecule has 0 bridgehead atoms. The summed E-state index contributed by atoms with van der Waals surface area (Å²) in [5.41, 5.74) is 5.08. The number of rotatable bonds is 5. The fourth-order valence-electron chi connectivity index (χ4n) is 0.890. The van der Waals surface area contributed by atoms with E-state index in [1.165, 1.54) is 0 Å². The second-order valence-corrected chi connectivity index (χ2v) is 2.97. The molecule has 2 N–H and O–H groups in total. The molecule has 1 amide bonds. The summed E-state index contributed by atoms with van der Waals surface area (Å²) in [4.78, 5) is 12.6. The van der Waals surface area contributed by atoms with Gasteiger partial charge in [-0.05, 0) is 7.05 Å². The second kappa shape index (κ2) is 5.56. The van der Waals surface area contributed by atoms with Gasteiger partial charge in [0.1, 0.15) is 0 Å². The average Bonchev–Trinajstić information content (AvgIpc) is 2.00. The minimum atomic E-state index is -0.293.